The lowest BCUT2D eigenvalue weighted by Crippen LogP contribution is -2.48. The summed E-state index contributed by atoms with van der Waals surface area (Å²) >= 11 is 5.84. The molecule has 0 aliphatic carbocycles. The van der Waals surface area contributed by atoms with Crippen molar-refractivity contribution >= 4 is 34.4 Å². The number of halogens is 2. The maximum absolute atomic E-state index is 14.1. The van der Waals surface area contributed by atoms with Gasteiger partial charge in [0.2, 0.25) is 5.88 Å². The summed E-state index contributed by atoms with van der Waals surface area (Å²) in [7, 11) is 0. The topological polar surface area (TPSA) is 92.9 Å². The summed E-state index contributed by atoms with van der Waals surface area (Å²) in [5.41, 5.74) is 2.27. The van der Waals surface area contributed by atoms with E-state index in [9.17, 15) is 14.3 Å². The molecule has 41 heavy (non-hydrogen) atoms. The minimum absolute atomic E-state index is 0.0230. The Balaban J connectivity index is 1.14. The van der Waals surface area contributed by atoms with Gasteiger partial charge < -0.3 is 24.0 Å². The van der Waals surface area contributed by atoms with Crippen LogP contribution in [0, 0.1) is 5.82 Å². The number of rotatable bonds is 9. The third-order valence-corrected chi connectivity index (χ3v) is 8.10. The number of imidazole rings is 1. The fourth-order valence-corrected chi connectivity index (χ4v) is 5.53. The van der Waals surface area contributed by atoms with E-state index in [0.29, 0.717) is 23.0 Å². The molecule has 2 aliphatic rings. The number of carboxylic acids is 1. The van der Waals surface area contributed by atoms with Crippen molar-refractivity contribution in [2.45, 2.75) is 38.6 Å². The van der Waals surface area contributed by atoms with Gasteiger partial charge in [0.1, 0.15) is 24.1 Å². The van der Waals surface area contributed by atoms with Gasteiger partial charge in [-0.25, -0.2) is 14.2 Å². The van der Waals surface area contributed by atoms with Crippen molar-refractivity contribution in [2.75, 3.05) is 37.7 Å². The van der Waals surface area contributed by atoms with Crippen molar-refractivity contribution in [3.8, 4) is 5.88 Å². The number of pyridine rings is 1. The molecule has 2 saturated heterocycles. The number of anilines is 1. The zero-order valence-corrected chi connectivity index (χ0v) is 23.4. The summed E-state index contributed by atoms with van der Waals surface area (Å²) in [5.74, 6) is 0.789. The van der Waals surface area contributed by atoms with Gasteiger partial charge >= 0.3 is 5.97 Å². The number of aromatic carboxylic acids is 1. The Morgan fingerprint density at radius 1 is 1.15 bits per heavy atom. The lowest BCUT2D eigenvalue weighted by Gasteiger charge is -2.38. The first-order valence-corrected chi connectivity index (χ1v) is 14.1. The van der Waals surface area contributed by atoms with Gasteiger partial charge in [-0.15, -0.1) is 0 Å². The van der Waals surface area contributed by atoms with Gasteiger partial charge in [0.15, 0.2) is 0 Å². The van der Waals surface area contributed by atoms with Crippen LogP contribution in [-0.4, -0.2) is 69.4 Å². The highest BCUT2D eigenvalue weighted by Crippen LogP contribution is 2.29. The number of hydrogen-bond donors (Lipinski definition) is 1. The van der Waals surface area contributed by atoms with Gasteiger partial charge in [-0.3, -0.25) is 4.90 Å². The lowest BCUT2D eigenvalue weighted by molar-refractivity contribution is -0.0594. The third kappa shape index (κ3) is 5.86. The molecule has 1 unspecified atom stereocenters. The molecule has 2 fully saturated rings. The predicted molar refractivity (Wildman–Crippen MR) is 153 cm³/mol. The maximum atomic E-state index is 14.1. The Morgan fingerprint density at radius 3 is 2.66 bits per heavy atom. The van der Waals surface area contributed by atoms with E-state index in [1.165, 1.54) is 6.07 Å². The Bertz CT molecular complexity index is 1570. The first kappa shape index (κ1) is 27.4. The number of ether oxygens (including phenoxy) is 2. The lowest BCUT2D eigenvalue weighted by atomic mass is 10.1. The van der Waals surface area contributed by atoms with E-state index in [-0.39, 0.29) is 24.3 Å². The van der Waals surface area contributed by atoms with Gasteiger partial charge in [0.05, 0.1) is 35.3 Å². The van der Waals surface area contributed by atoms with Crippen LogP contribution in [0.5, 0.6) is 5.88 Å². The SMILES string of the molecule is CC(c1nc2ccc(C(=O)O)cc2n1C[C@@H]1CCO1)N1CCN(c2cccc(OCc3ccc(Cl)cc3F)n2)CC1. The van der Waals surface area contributed by atoms with Crippen molar-refractivity contribution in [1.82, 2.24) is 19.4 Å². The molecule has 0 bridgehead atoms. The second-order valence-electron chi connectivity index (χ2n) is 10.4. The van der Waals surface area contributed by atoms with Crippen molar-refractivity contribution < 1.29 is 23.8 Å². The Morgan fingerprint density at radius 2 is 1.95 bits per heavy atom. The molecule has 2 aliphatic heterocycles. The third-order valence-electron chi connectivity index (χ3n) is 7.86. The molecule has 1 N–H and O–H groups in total. The van der Waals surface area contributed by atoms with E-state index in [1.807, 2.05) is 12.1 Å². The normalized spacial score (nSPS) is 18.3. The second kappa shape index (κ2) is 11.6. The van der Waals surface area contributed by atoms with E-state index >= 15 is 0 Å². The van der Waals surface area contributed by atoms with Gasteiger partial charge in [-0.05, 0) is 49.7 Å². The van der Waals surface area contributed by atoms with Crippen LogP contribution in [0.4, 0.5) is 10.2 Å². The molecular weight excluding hydrogens is 549 g/mol. The average molecular weight is 580 g/mol. The summed E-state index contributed by atoms with van der Waals surface area (Å²) in [6, 6.07) is 15.2. The molecule has 0 saturated carbocycles. The standard InChI is InChI=1S/C30H31ClFN5O4/c1-19(29-33-25-8-6-20(30(38)39)15-26(25)37(29)17-23-9-14-40-23)35-10-12-36(13-11-35)27-3-2-4-28(34-27)41-18-21-5-7-22(31)16-24(21)32/h2-8,15-16,19,23H,9-14,17-18H2,1H3,(H,38,39)/t19?,23-/m0/s1. The molecule has 2 aromatic heterocycles. The summed E-state index contributed by atoms with van der Waals surface area (Å²) in [5, 5.41) is 9.88. The summed E-state index contributed by atoms with van der Waals surface area (Å²) in [4.78, 5) is 25.8. The van der Waals surface area contributed by atoms with Crippen LogP contribution in [-0.2, 0) is 17.9 Å². The van der Waals surface area contributed by atoms with Gasteiger partial charge in [-0.1, -0.05) is 23.7 Å². The van der Waals surface area contributed by atoms with Crippen LogP contribution in [0.25, 0.3) is 11.0 Å². The fraction of sp³-hybridized carbons (Fsp3) is 0.367. The molecule has 0 spiro atoms. The highest BCUT2D eigenvalue weighted by molar-refractivity contribution is 6.30. The van der Waals surface area contributed by atoms with E-state index < -0.39 is 11.8 Å². The first-order chi connectivity index (χ1) is 19.9. The Hall–Kier alpha value is -3.73. The second-order valence-corrected chi connectivity index (χ2v) is 10.9. The Kier molecular flexibility index (Phi) is 7.79. The Labute approximate surface area is 242 Å². The number of benzene rings is 2. The van der Waals surface area contributed by atoms with Crippen LogP contribution in [0.1, 0.15) is 41.1 Å². The molecule has 0 amide bonds. The highest BCUT2D eigenvalue weighted by Gasteiger charge is 2.29. The molecule has 9 nitrogen and oxygen atoms in total. The molecule has 4 heterocycles. The smallest absolute Gasteiger partial charge is 0.335 e. The minimum Gasteiger partial charge on any atom is -0.478 e. The van der Waals surface area contributed by atoms with Gasteiger partial charge in [0, 0.05) is 49.4 Å². The van der Waals surface area contributed by atoms with E-state index in [4.69, 9.17) is 26.1 Å². The van der Waals surface area contributed by atoms with Crippen molar-refractivity contribution in [3.05, 3.63) is 82.4 Å². The minimum atomic E-state index is -0.953. The van der Waals surface area contributed by atoms with Crippen molar-refractivity contribution in [2.24, 2.45) is 0 Å². The summed E-state index contributed by atoms with van der Waals surface area (Å²) in [6.45, 7) is 6.74. The zero-order chi connectivity index (χ0) is 28.5. The largest absolute Gasteiger partial charge is 0.478 e. The monoisotopic (exact) mass is 579 g/mol. The molecule has 214 valence electrons. The van der Waals surface area contributed by atoms with Crippen LogP contribution in [0.3, 0.4) is 0 Å². The van der Waals surface area contributed by atoms with Crippen LogP contribution in [0.2, 0.25) is 5.02 Å². The molecule has 4 aromatic rings. The first-order valence-electron chi connectivity index (χ1n) is 13.7. The number of aromatic nitrogens is 3. The van der Waals surface area contributed by atoms with Crippen LogP contribution in [0.15, 0.2) is 54.6 Å². The summed E-state index contributed by atoms with van der Waals surface area (Å²) < 4.78 is 27.8. The number of piperazine rings is 1. The maximum Gasteiger partial charge on any atom is 0.335 e. The molecule has 6 rings (SSSR count). The number of nitrogens with zero attached hydrogens (tertiary/aromatic N) is 5. The number of carbonyl (C=O) groups is 1. The van der Waals surface area contributed by atoms with Crippen LogP contribution < -0.4 is 9.64 Å². The molecule has 2 atom stereocenters. The number of hydrogen-bond acceptors (Lipinski definition) is 7. The molecule has 11 heteroatoms. The fourth-order valence-electron chi connectivity index (χ4n) is 5.37. The van der Waals surface area contributed by atoms with Gasteiger partial charge in [0.25, 0.3) is 0 Å². The number of carboxylic acid groups (broad SMARTS) is 1. The van der Waals surface area contributed by atoms with Crippen LogP contribution >= 0.6 is 11.6 Å². The summed E-state index contributed by atoms with van der Waals surface area (Å²) in [6.07, 6.45) is 1.09. The molecule has 0 radical (unpaired) electrons. The van der Waals surface area contributed by atoms with Crippen molar-refractivity contribution in [1.29, 1.82) is 0 Å². The number of fused-ring (bicyclic) bond motifs is 1. The zero-order valence-electron chi connectivity index (χ0n) is 22.7. The van der Waals surface area contributed by atoms with Crippen molar-refractivity contribution in [3.63, 3.8) is 0 Å². The van der Waals surface area contributed by atoms with Gasteiger partial charge in [-0.2, -0.15) is 4.98 Å². The predicted octanol–water partition coefficient (Wildman–Crippen LogP) is 5.17. The van der Waals surface area contributed by atoms with E-state index in [1.54, 1.807) is 36.4 Å². The highest BCUT2D eigenvalue weighted by atomic mass is 35.5. The average Bonchev–Trinajstić information content (AvgIpc) is 3.32. The quantitative estimate of drug-likeness (QED) is 0.290. The molecular formula is C30H31ClFN5O4. The van der Waals surface area contributed by atoms with E-state index in [0.717, 1.165) is 61.9 Å². The molecule has 2 aromatic carbocycles. The van der Waals surface area contributed by atoms with E-state index in [2.05, 4.69) is 26.3 Å².